The van der Waals surface area contributed by atoms with E-state index in [1.165, 1.54) is 16.7 Å². The summed E-state index contributed by atoms with van der Waals surface area (Å²) in [6.07, 6.45) is -3.65. The van der Waals surface area contributed by atoms with Gasteiger partial charge in [-0.25, -0.2) is 4.79 Å². The molecule has 0 aliphatic carbocycles. The number of rotatable bonds is 6. The first-order valence-electron chi connectivity index (χ1n) is 9.64. The molecule has 0 aromatic rings. The summed E-state index contributed by atoms with van der Waals surface area (Å²) >= 11 is 1.40. The van der Waals surface area contributed by atoms with Crippen LogP contribution in [0.5, 0.6) is 0 Å². The van der Waals surface area contributed by atoms with Gasteiger partial charge < -0.3 is 29.1 Å². The predicted molar refractivity (Wildman–Crippen MR) is 103 cm³/mol. The number of thioether (sulfide) groups is 1. The first-order valence-corrected chi connectivity index (χ1v) is 10.8. The highest BCUT2D eigenvalue weighted by molar-refractivity contribution is 7.99. The van der Waals surface area contributed by atoms with Crippen molar-refractivity contribution in [2.75, 3.05) is 31.4 Å². The third kappa shape index (κ3) is 5.89. The van der Waals surface area contributed by atoms with Gasteiger partial charge in [0.1, 0.15) is 30.4 Å². The minimum Gasteiger partial charge on any atom is -0.456 e. The Morgan fingerprint density at radius 1 is 1.19 bits per heavy atom. The number of ether oxygens (including phenoxy) is 4. The fourth-order valence-electron chi connectivity index (χ4n) is 3.38. The van der Waals surface area contributed by atoms with Gasteiger partial charge in [-0.3, -0.25) is 14.5 Å². The molecule has 2 amide bonds. The molecule has 31 heavy (non-hydrogen) atoms. The van der Waals surface area contributed by atoms with Crippen molar-refractivity contribution in [2.45, 2.75) is 56.8 Å². The van der Waals surface area contributed by atoms with Crippen LogP contribution in [0.25, 0.3) is 0 Å². The lowest BCUT2D eigenvalue weighted by Crippen LogP contribution is -2.50. The summed E-state index contributed by atoms with van der Waals surface area (Å²) in [5, 5.41) is 12.1. The third-order valence-electron chi connectivity index (χ3n) is 4.69. The summed E-state index contributed by atoms with van der Waals surface area (Å²) in [5.74, 6) is -0.527. The van der Waals surface area contributed by atoms with E-state index >= 15 is 0 Å². The maximum absolute atomic E-state index is 12.5. The number of esters is 1. The highest BCUT2D eigenvalue weighted by Gasteiger charge is 2.51. The zero-order valence-corrected chi connectivity index (χ0v) is 18.1. The van der Waals surface area contributed by atoms with Gasteiger partial charge >= 0.3 is 12.1 Å². The molecule has 0 unspecified atom stereocenters. The summed E-state index contributed by atoms with van der Waals surface area (Å²) in [4.78, 5) is 53.3. The molecule has 0 saturated carbocycles. The Kier molecular flexibility index (Phi) is 7.11. The molecule has 3 aliphatic heterocycles. The average Bonchev–Trinajstić information content (AvgIpc) is 3.36. The number of carbonyl (C=O) groups excluding carboxylic acids is 3. The maximum Gasteiger partial charge on any atom is 0.411 e. The van der Waals surface area contributed by atoms with Gasteiger partial charge in [0.05, 0.1) is 19.1 Å². The quantitative estimate of drug-likeness (QED) is 0.313. The fourth-order valence-corrected chi connectivity index (χ4v) is 4.52. The second kappa shape index (κ2) is 9.44. The summed E-state index contributed by atoms with van der Waals surface area (Å²) in [5.41, 5.74) is -0.692. The Bertz CT molecular complexity index is 729. The van der Waals surface area contributed by atoms with Crippen LogP contribution in [-0.2, 0) is 33.4 Å². The second-order valence-electron chi connectivity index (χ2n) is 8.18. The molecule has 0 radical (unpaired) electrons. The van der Waals surface area contributed by atoms with Crippen molar-refractivity contribution >= 4 is 29.7 Å². The highest BCUT2D eigenvalue weighted by Crippen LogP contribution is 2.30. The topological polar surface area (TPSA) is 156 Å². The van der Waals surface area contributed by atoms with Crippen molar-refractivity contribution in [2.24, 2.45) is 0 Å². The fraction of sp³-hybridized carbons (Fsp3) is 0.824. The molecular weight excluding hydrogens is 438 g/mol. The number of amides is 2. The Labute approximate surface area is 182 Å². The van der Waals surface area contributed by atoms with Gasteiger partial charge in [0.25, 0.3) is 5.09 Å². The lowest BCUT2D eigenvalue weighted by Gasteiger charge is -2.27. The highest BCUT2D eigenvalue weighted by atomic mass is 32.2. The van der Waals surface area contributed by atoms with E-state index in [0.29, 0.717) is 11.6 Å². The summed E-state index contributed by atoms with van der Waals surface area (Å²) in [6, 6.07) is -0.759. The standard InChI is InChI=1S/C17H25N3O10S/c1-17(2,3)29-16(23)19-8-31-7-9(19)15(22)18-4-12(21)28-10-5-26-14-11(30-20(24)25)6-27-13(10)14/h9-11,13-14H,4-8H2,1-3H3,(H,18,22)/t9-,10-,11+,13+,14+/m0/s1. The van der Waals surface area contributed by atoms with Crippen molar-refractivity contribution < 1.29 is 43.3 Å². The van der Waals surface area contributed by atoms with Gasteiger partial charge in [-0.1, -0.05) is 0 Å². The molecule has 0 spiro atoms. The number of hydrogen-bond acceptors (Lipinski definition) is 11. The van der Waals surface area contributed by atoms with Crippen LogP contribution in [0.4, 0.5) is 4.79 Å². The molecule has 3 saturated heterocycles. The zero-order valence-electron chi connectivity index (χ0n) is 17.3. The molecule has 3 heterocycles. The first-order chi connectivity index (χ1) is 14.5. The molecule has 1 N–H and O–H groups in total. The van der Waals surface area contributed by atoms with Gasteiger partial charge in [0.2, 0.25) is 5.91 Å². The van der Waals surface area contributed by atoms with E-state index in [1.807, 2.05) is 0 Å². The zero-order chi connectivity index (χ0) is 22.8. The Hall–Kier alpha value is -2.32. The minimum atomic E-state index is -0.920. The van der Waals surface area contributed by atoms with Crippen LogP contribution in [0.15, 0.2) is 0 Å². The molecule has 3 rings (SSSR count). The van der Waals surface area contributed by atoms with Crippen LogP contribution >= 0.6 is 11.8 Å². The summed E-state index contributed by atoms with van der Waals surface area (Å²) in [7, 11) is 0. The molecule has 3 fully saturated rings. The molecule has 0 aromatic heterocycles. The summed E-state index contributed by atoms with van der Waals surface area (Å²) < 4.78 is 21.4. The Morgan fingerprint density at radius 3 is 2.48 bits per heavy atom. The van der Waals surface area contributed by atoms with E-state index in [0.717, 1.165) is 0 Å². The third-order valence-corrected chi connectivity index (χ3v) is 5.70. The van der Waals surface area contributed by atoms with Gasteiger partial charge in [-0.05, 0) is 20.8 Å². The van der Waals surface area contributed by atoms with Crippen LogP contribution < -0.4 is 5.32 Å². The number of fused-ring (bicyclic) bond motifs is 1. The van der Waals surface area contributed by atoms with E-state index in [4.69, 9.17) is 18.9 Å². The normalized spacial score (nSPS) is 29.9. The van der Waals surface area contributed by atoms with Crippen molar-refractivity contribution in [3.8, 4) is 0 Å². The molecule has 174 valence electrons. The van der Waals surface area contributed by atoms with Crippen LogP contribution in [0, 0.1) is 10.1 Å². The lowest BCUT2D eigenvalue weighted by atomic mass is 10.1. The maximum atomic E-state index is 12.5. The van der Waals surface area contributed by atoms with Crippen molar-refractivity contribution in [3.05, 3.63) is 10.1 Å². The molecule has 0 aromatic carbocycles. The van der Waals surface area contributed by atoms with Gasteiger partial charge in [0, 0.05) is 5.75 Å². The number of nitrogens with zero attached hydrogens (tertiary/aromatic N) is 2. The van der Waals surface area contributed by atoms with Crippen LogP contribution in [0.3, 0.4) is 0 Å². The van der Waals surface area contributed by atoms with Crippen molar-refractivity contribution in [3.63, 3.8) is 0 Å². The van der Waals surface area contributed by atoms with Crippen molar-refractivity contribution in [1.82, 2.24) is 10.2 Å². The van der Waals surface area contributed by atoms with E-state index in [-0.39, 0.29) is 13.2 Å². The van der Waals surface area contributed by atoms with Crippen LogP contribution in [0.1, 0.15) is 20.8 Å². The SMILES string of the molecule is CC(C)(C)OC(=O)N1CSC[C@H]1C(=O)NCC(=O)O[C@H]1CO[C@H]2[C@@H]1OC[C@H]2O[N+](=O)[O-]. The molecule has 5 atom stereocenters. The van der Waals surface area contributed by atoms with E-state index in [1.54, 1.807) is 20.8 Å². The first kappa shape index (κ1) is 23.3. The van der Waals surface area contributed by atoms with E-state index in [9.17, 15) is 24.5 Å². The van der Waals surface area contributed by atoms with Gasteiger partial charge in [0.15, 0.2) is 12.2 Å². The molecule has 0 bridgehead atoms. The summed E-state index contributed by atoms with van der Waals surface area (Å²) in [6.45, 7) is 4.73. The van der Waals surface area contributed by atoms with Crippen molar-refractivity contribution in [1.29, 1.82) is 0 Å². The smallest absolute Gasteiger partial charge is 0.411 e. The van der Waals surface area contributed by atoms with E-state index < -0.39 is 65.7 Å². The van der Waals surface area contributed by atoms with Gasteiger partial charge in [-0.15, -0.1) is 21.9 Å². The molecule has 3 aliphatic rings. The lowest BCUT2D eigenvalue weighted by molar-refractivity contribution is -0.769. The van der Waals surface area contributed by atoms with Crippen LogP contribution in [0.2, 0.25) is 0 Å². The predicted octanol–water partition coefficient (Wildman–Crippen LogP) is -0.301. The van der Waals surface area contributed by atoms with Gasteiger partial charge in [-0.2, -0.15) is 0 Å². The molecule has 14 heteroatoms. The van der Waals surface area contributed by atoms with E-state index in [2.05, 4.69) is 10.2 Å². The molecule has 13 nitrogen and oxygen atoms in total. The Morgan fingerprint density at radius 2 is 1.84 bits per heavy atom. The number of nitrogens with one attached hydrogen (secondary N) is 1. The average molecular weight is 463 g/mol. The Balaban J connectivity index is 1.45. The largest absolute Gasteiger partial charge is 0.456 e. The minimum absolute atomic E-state index is 0.00171. The number of carbonyl (C=O) groups is 3. The number of hydrogen-bond donors (Lipinski definition) is 1. The van der Waals surface area contributed by atoms with Crippen LogP contribution in [-0.4, -0.2) is 95.4 Å². The second-order valence-corrected chi connectivity index (χ2v) is 9.18. The molecular formula is C17H25N3O10S. The monoisotopic (exact) mass is 463 g/mol.